The fraction of sp³-hybridized carbons (Fsp3) is 0.375. The smallest absolute Gasteiger partial charge is 0.179 e. The average Bonchev–Trinajstić information content (AvgIpc) is 2.09. The highest BCUT2D eigenvalue weighted by Gasteiger charge is 2.12. The molecule has 0 spiro atoms. The molecule has 0 saturated carbocycles. The minimum absolute atomic E-state index is 0.107. The van der Waals surface area contributed by atoms with Gasteiger partial charge in [0.1, 0.15) is 4.60 Å². The fourth-order valence-corrected chi connectivity index (χ4v) is 1.99. The van der Waals surface area contributed by atoms with Crippen molar-refractivity contribution >= 4 is 25.8 Å². The number of nitrogens with zero attached hydrogens (tertiary/aromatic N) is 1. The van der Waals surface area contributed by atoms with Crippen molar-refractivity contribution in [3.8, 4) is 0 Å². The quantitative estimate of drug-likeness (QED) is 0.767. The van der Waals surface area contributed by atoms with Crippen molar-refractivity contribution in [2.24, 2.45) is 0 Å². The zero-order chi connectivity index (χ0) is 10.1. The van der Waals surface area contributed by atoms with Gasteiger partial charge in [0.2, 0.25) is 0 Å². The molecule has 0 saturated heterocycles. The Kier molecular flexibility index (Phi) is 3.08. The van der Waals surface area contributed by atoms with E-state index >= 15 is 0 Å². The van der Waals surface area contributed by atoms with Crippen LogP contribution in [0.1, 0.15) is 12.5 Å². The number of pyridine rings is 1. The summed E-state index contributed by atoms with van der Waals surface area (Å²) in [5.74, 6) is 0.107. The minimum Gasteiger partial charge on any atom is -0.248 e. The van der Waals surface area contributed by atoms with Gasteiger partial charge < -0.3 is 0 Å². The van der Waals surface area contributed by atoms with E-state index < -0.39 is 9.84 Å². The van der Waals surface area contributed by atoms with Gasteiger partial charge in [0.05, 0.1) is 10.6 Å². The first-order chi connectivity index (χ1) is 5.97. The number of rotatable bonds is 2. The Bertz CT molecular complexity index is 414. The van der Waals surface area contributed by atoms with Crippen molar-refractivity contribution < 1.29 is 8.42 Å². The maximum atomic E-state index is 11.4. The summed E-state index contributed by atoms with van der Waals surface area (Å²) in [4.78, 5) is 4.22. The summed E-state index contributed by atoms with van der Waals surface area (Å²) in [6.45, 7) is 3.43. The summed E-state index contributed by atoms with van der Waals surface area (Å²) in [6.07, 6.45) is 1.37. The Morgan fingerprint density at radius 3 is 2.62 bits per heavy atom. The molecule has 0 unspecified atom stereocenters. The maximum absolute atomic E-state index is 11.4. The van der Waals surface area contributed by atoms with Crippen LogP contribution in [0.25, 0.3) is 0 Å². The van der Waals surface area contributed by atoms with E-state index in [-0.39, 0.29) is 10.6 Å². The van der Waals surface area contributed by atoms with E-state index in [1.54, 1.807) is 13.0 Å². The summed E-state index contributed by atoms with van der Waals surface area (Å²) >= 11 is 3.21. The summed E-state index contributed by atoms with van der Waals surface area (Å²) in [5.41, 5.74) is 0.828. The van der Waals surface area contributed by atoms with E-state index in [0.29, 0.717) is 4.60 Å². The van der Waals surface area contributed by atoms with Crippen molar-refractivity contribution in [3.63, 3.8) is 0 Å². The van der Waals surface area contributed by atoms with E-state index in [0.717, 1.165) is 5.56 Å². The number of hydrogen-bond acceptors (Lipinski definition) is 3. The van der Waals surface area contributed by atoms with Gasteiger partial charge in [-0.2, -0.15) is 0 Å². The van der Waals surface area contributed by atoms with Crippen LogP contribution in [0.5, 0.6) is 0 Å². The number of halogens is 1. The van der Waals surface area contributed by atoms with Crippen LogP contribution < -0.4 is 0 Å². The SMILES string of the molecule is CCS(=O)(=O)c1cnc(Br)c(C)c1. The van der Waals surface area contributed by atoms with Crippen LogP contribution in [-0.2, 0) is 9.84 Å². The van der Waals surface area contributed by atoms with Crippen LogP contribution in [0.2, 0.25) is 0 Å². The Morgan fingerprint density at radius 2 is 2.15 bits per heavy atom. The largest absolute Gasteiger partial charge is 0.248 e. The molecule has 1 aromatic rings. The average molecular weight is 264 g/mol. The maximum Gasteiger partial charge on any atom is 0.179 e. The molecule has 5 heteroatoms. The third-order valence-corrected chi connectivity index (χ3v) is 4.26. The van der Waals surface area contributed by atoms with Gasteiger partial charge in [-0.3, -0.25) is 0 Å². The summed E-state index contributed by atoms with van der Waals surface area (Å²) < 4.78 is 23.5. The molecule has 1 rings (SSSR count). The fourth-order valence-electron chi connectivity index (χ4n) is 0.869. The van der Waals surface area contributed by atoms with Crippen LogP contribution in [0, 0.1) is 6.92 Å². The lowest BCUT2D eigenvalue weighted by Gasteiger charge is -2.02. The summed E-state index contributed by atoms with van der Waals surface area (Å²) in [7, 11) is -3.12. The molecule has 0 aliphatic heterocycles. The molecular weight excluding hydrogens is 254 g/mol. The Morgan fingerprint density at radius 1 is 1.54 bits per heavy atom. The zero-order valence-corrected chi connectivity index (χ0v) is 9.81. The van der Waals surface area contributed by atoms with Crippen LogP contribution in [0.3, 0.4) is 0 Å². The first-order valence-electron chi connectivity index (χ1n) is 3.82. The van der Waals surface area contributed by atoms with Gasteiger partial charge in [0.25, 0.3) is 0 Å². The Balaban J connectivity index is 3.27. The predicted molar refractivity (Wildman–Crippen MR) is 54.4 cm³/mol. The first kappa shape index (κ1) is 10.7. The highest BCUT2D eigenvalue weighted by atomic mass is 79.9. The molecule has 0 atom stereocenters. The normalized spacial score (nSPS) is 11.6. The molecule has 0 aliphatic rings. The van der Waals surface area contributed by atoms with Crippen LogP contribution in [0.4, 0.5) is 0 Å². The molecule has 3 nitrogen and oxygen atoms in total. The van der Waals surface area contributed by atoms with Crippen molar-refractivity contribution in [2.75, 3.05) is 5.75 Å². The van der Waals surface area contributed by atoms with Crippen molar-refractivity contribution in [1.82, 2.24) is 4.98 Å². The lowest BCUT2D eigenvalue weighted by atomic mass is 10.3. The zero-order valence-electron chi connectivity index (χ0n) is 7.41. The molecule has 0 radical (unpaired) electrons. The van der Waals surface area contributed by atoms with Gasteiger partial charge in [-0.1, -0.05) is 6.92 Å². The van der Waals surface area contributed by atoms with Crippen LogP contribution in [-0.4, -0.2) is 19.2 Å². The van der Waals surface area contributed by atoms with Gasteiger partial charge in [0, 0.05) is 6.20 Å². The van der Waals surface area contributed by atoms with Gasteiger partial charge in [-0.05, 0) is 34.5 Å². The third kappa shape index (κ3) is 2.28. The van der Waals surface area contributed by atoms with Gasteiger partial charge in [-0.15, -0.1) is 0 Å². The lowest BCUT2D eigenvalue weighted by molar-refractivity contribution is 0.596. The number of sulfone groups is 1. The van der Waals surface area contributed by atoms with Gasteiger partial charge >= 0.3 is 0 Å². The van der Waals surface area contributed by atoms with Gasteiger partial charge in [-0.25, -0.2) is 13.4 Å². The summed E-state index contributed by atoms with van der Waals surface area (Å²) in [5, 5.41) is 0. The van der Waals surface area contributed by atoms with E-state index in [9.17, 15) is 8.42 Å². The molecule has 1 heterocycles. The van der Waals surface area contributed by atoms with Crippen LogP contribution >= 0.6 is 15.9 Å². The number of aromatic nitrogens is 1. The van der Waals surface area contributed by atoms with Gasteiger partial charge in [0.15, 0.2) is 9.84 Å². The topological polar surface area (TPSA) is 47.0 Å². The molecule has 0 aliphatic carbocycles. The molecule has 0 aromatic carbocycles. The predicted octanol–water partition coefficient (Wildman–Crippen LogP) is 1.95. The molecule has 1 aromatic heterocycles. The minimum atomic E-state index is -3.12. The second kappa shape index (κ2) is 3.75. The van der Waals surface area contributed by atoms with Crippen LogP contribution in [0.15, 0.2) is 21.8 Å². The monoisotopic (exact) mass is 263 g/mol. The van der Waals surface area contributed by atoms with E-state index in [4.69, 9.17) is 0 Å². The molecule has 0 bridgehead atoms. The molecule has 0 N–H and O–H groups in total. The second-order valence-electron chi connectivity index (χ2n) is 2.68. The third-order valence-electron chi connectivity index (χ3n) is 1.73. The second-order valence-corrected chi connectivity index (χ2v) is 5.71. The highest BCUT2D eigenvalue weighted by molar-refractivity contribution is 9.10. The Hall–Kier alpha value is -0.420. The van der Waals surface area contributed by atoms with Crippen molar-refractivity contribution in [3.05, 3.63) is 22.4 Å². The lowest BCUT2D eigenvalue weighted by Crippen LogP contribution is -2.04. The van der Waals surface area contributed by atoms with E-state index in [1.165, 1.54) is 6.20 Å². The van der Waals surface area contributed by atoms with E-state index in [1.807, 2.05) is 6.92 Å². The van der Waals surface area contributed by atoms with Crippen molar-refractivity contribution in [2.45, 2.75) is 18.7 Å². The Labute approximate surface area is 86.2 Å². The highest BCUT2D eigenvalue weighted by Crippen LogP contribution is 2.17. The van der Waals surface area contributed by atoms with Crippen molar-refractivity contribution in [1.29, 1.82) is 0 Å². The molecule has 0 fully saturated rings. The standard InChI is InChI=1S/C8H10BrNO2S/c1-3-13(11,12)7-4-6(2)8(9)10-5-7/h4-5H,3H2,1-2H3. The molecule has 72 valence electrons. The molecular formula is C8H10BrNO2S. The number of aryl methyl sites for hydroxylation is 1. The van der Waals surface area contributed by atoms with E-state index in [2.05, 4.69) is 20.9 Å². The molecule has 0 amide bonds. The molecule has 13 heavy (non-hydrogen) atoms. The number of hydrogen-bond donors (Lipinski definition) is 0. The first-order valence-corrected chi connectivity index (χ1v) is 6.27. The summed E-state index contributed by atoms with van der Waals surface area (Å²) in [6, 6.07) is 1.62.